The molecule has 0 saturated carbocycles. The third kappa shape index (κ3) is 2.38. The van der Waals surface area contributed by atoms with E-state index in [9.17, 15) is 9.59 Å². The second-order valence-corrected chi connectivity index (χ2v) is 5.21. The van der Waals surface area contributed by atoms with Gasteiger partial charge < -0.3 is 4.98 Å². The molecule has 0 aliphatic carbocycles. The van der Waals surface area contributed by atoms with Crippen molar-refractivity contribution in [1.29, 1.82) is 0 Å². The van der Waals surface area contributed by atoms with E-state index in [0.717, 1.165) is 16.5 Å². The van der Waals surface area contributed by atoms with Crippen LogP contribution in [0.2, 0.25) is 0 Å². The van der Waals surface area contributed by atoms with Gasteiger partial charge in [0.25, 0.3) is 0 Å². The van der Waals surface area contributed by atoms with Crippen molar-refractivity contribution in [2.24, 2.45) is 0 Å². The van der Waals surface area contributed by atoms with Gasteiger partial charge in [-0.05, 0) is 19.9 Å². The minimum absolute atomic E-state index is 0.0120. The molecule has 1 N–H and O–H groups in total. The van der Waals surface area contributed by atoms with Crippen LogP contribution in [0.15, 0.2) is 48.7 Å². The highest BCUT2D eigenvalue weighted by molar-refractivity contribution is 6.16. The van der Waals surface area contributed by atoms with E-state index in [4.69, 9.17) is 0 Å². The third-order valence-electron chi connectivity index (χ3n) is 3.65. The first-order chi connectivity index (χ1) is 10.1. The summed E-state index contributed by atoms with van der Waals surface area (Å²) >= 11 is 0. The van der Waals surface area contributed by atoms with Crippen LogP contribution in [-0.4, -0.2) is 16.6 Å². The molecule has 3 rings (SSSR count). The zero-order chi connectivity index (χ0) is 15.0. The summed E-state index contributed by atoms with van der Waals surface area (Å²) < 4.78 is 0. The first-order valence-electron chi connectivity index (χ1n) is 6.79. The van der Waals surface area contributed by atoms with Crippen LogP contribution in [0.4, 0.5) is 0 Å². The fraction of sp³-hybridized carbons (Fsp3) is 0.111. The lowest BCUT2D eigenvalue weighted by Gasteiger charge is -2.01. The van der Waals surface area contributed by atoms with Gasteiger partial charge in [-0.15, -0.1) is 0 Å². The number of nitrogens with one attached hydrogen (secondary N) is 1. The number of H-pyrrole nitrogens is 1. The van der Waals surface area contributed by atoms with Gasteiger partial charge in [0, 0.05) is 33.8 Å². The first-order valence-corrected chi connectivity index (χ1v) is 6.79. The number of benzene rings is 2. The Kier molecular flexibility index (Phi) is 3.18. The van der Waals surface area contributed by atoms with E-state index >= 15 is 0 Å². The van der Waals surface area contributed by atoms with Gasteiger partial charge in [0.15, 0.2) is 11.6 Å². The molecule has 0 radical (unpaired) electrons. The van der Waals surface area contributed by atoms with Gasteiger partial charge in [0.2, 0.25) is 0 Å². The second kappa shape index (κ2) is 5.02. The predicted octanol–water partition coefficient (Wildman–Crippen LogP) is 3.91. The van der Waals surface area contributed by atoms with Gasteiger partial charge in [-0.3, -0.25) is 9.59 Å². The SMILES string of the molecule is CC(=O)c1ccc2c(C(=O)c3ccc(C)cc3)c[nH]c2c1. The Morgan fingerprint density at radius 3 is 2.29 bits per heavy atom. The molecule has 0 aliphatic heterocycles. The van der Waals surface area contributed by atoms with Crippen molar-refractivity contribution in [3.8, 4) is 0 Å². The summed E-state index contributed by atoms with van der Waals surface area (Å²) in [5.74, 6) is -0.00487. The van der Waals surface area contributed by atoms with E-state index in [2.05, 4.69) is 4.98 Å². The molecule has 0 unspecified atom stereocenters. The summed E-state index contributed by atoms with van der Waals surface area (Å²) in [4.78, 5) is 27.0. The summed E-state index contributed by atoms with van der Waals surface area (Å²) in [6.07, 6.45) is 1.71. The summed E-state index contributed by atoms with van der Waals surface area (Å²) in [5, 5.41) is 0.838. The van der Waals surface area contributed by atoms with Crippen LogP contribution >= 0.6 is 0 Å². The Balaban J connectivity index is 2.06. The maximum Gasteiger partial charge on any atom is 0.195 e. The lowest BCUT2D eigenvalue weighted by atomic mass is 10.0. The molecule has 0 bridgehead atoms. The highest BCUT2D eigenvalue weighted by Gasteiger charge is 2.14. The Hall–Kier alpha value is -2.68. The van der Waals surface area contributed by atoms with E-state index in [1.165, 1.54) is 6.92 Å². The van der Waals surface area contributed by atoms with Crippen LogP contribution in [0.3, 0.4) is 0 Å². The number of ketones is 2. The highest BCUT2D eigenvalue weighted by atomic mass is 16.1. The monoisotopic (exact) mass is 277 g/mol. The molecule has 0 spiro atoms. The van der Waals surface area contributed by atoms with E-state index in [-0.39, 0.29) is 11.6 Å². The summed E-state index contributed by atoms with van der Waals surface area (Å²) in [5.41, 5.74) is 3.86. The van der Waals surface area contributed by atoms with Gasteiger partial charge >= 0.3 is 0 Å². The quantitative estimate of drug-likeness (QED) is 0.738. The Labute approximate surface area is 122 Å². The lowest BCUT2D eigenvalue weighted by Crippen LogP contribution is -2.00. The van der Waals surface area contributed by atoms with Crippen molar-refractivity contribution < 1.29 is 9.59 Å². The molecule has 3 aromatic rings. The number of hydrogen-bond donors (Lipinski definition) is 1. The predicted molar refractivity (Wildman–Crippen MR) is 82.9 cm³/mol. The summed E-state index contributed by atoms with van der Waals surface area (Å²) in [7, 11) is 0. The van der Waals surface area contributed by atoms with E-state index in [1.807, 2.05) is 37.3 Å². The zero-order valence-corrected chi connectivity index (χ0v) is 11.9. The molecule has 1 aromatic heterocycles. The standard InChI is InChI=1S/C18H15NO2/c1-11-3-5-13(6-4-11)18(21)16-10-19-17-9-14(12(2)20)7-8-15(16)17/h3-10,19H,1-2H3. The van der Waals surface area contributed by atoms with Crippen LogP contribution in [0.1, 0.15) is 38.8 Å². The first kappa shape index (κ1) is 13.3. The van der Waals surface area contributed by atoms with Gasteiger partial charge in [0.05, 0.1) is 0 Å². The van der Waals surface area contributed by atoms with Crippen molar-refractivity contribution >= 4 is 22.5 Å². The van der Waals surface area contributed by atoms with Crippen LogP contribution in [0.25, 0.3) is 10.9 Å². The molecule has 104 valence electrons. The number of aromatic amines is 1. The van der Waals surface area contributed by atoms with Crippen molar-refractivity contribution in [3.63, 3.8) is 0 Å². The number of Topliss-reactive ketones (excluding diaryl/α,β-unsaturated/α-hetero) is 1. The fourth-order valence-electron chi connectivity index (χ4n) is 2.39. The number of aromatic nitrogens is 1. The largest absolute Gasteiger partial charge is 0.360 e. The molecular weight excluding hydrogens is 262 g/mol. The van der Waals surface area contributed by atoms with Gasteiger partial charge in [-0.25, -0.2) is 0 Å². The average Bonchev–Trinajstić information content (AvgIpc) is 2.90. The molecule has 0 saturated heterocycles. The minimum atomic E-state index is -0.0168. The maximum absolute atomic E-state index is 12.6. The van der Waals surface area contributed by atoms with Crippen molar-refractivity contribution in [2.45, 2.75) is 13.8 Å². The van der Waals surface area contributed by atoms with Crippen molar-refractivity contribution in [2.75, 3.05) is 0 Å². The highest BCUT2D eigenvalue weighted by Crippen LogP contribution is 2.22. The van der Waals surface area contributed by atoms with Gasteiger partial charge in [-0.1, -0.05) is 42.0 Å². The molecule has 2 aromatic carbocycles. The number of carbonyl (C=O) groups excluding carboxylic acids is 2. The zero-order valence-electron chi connectivity index (χ0n) is 11.9. The van der Waals surface area contributed by atoms with E-state index in [0.29, 0.717) is 16.7 Å². The number of hydrogen-bond acceptors (Lipinski definition) is 2. The molecule has 0 fully saturated rings. The molecule has 3 heteroatoms. The molecule has 3 nitrogen and oxygen atoms in total. The van der Waals surface area contributed by atoms with Gasteiger partial charge in [-0.2, -0.15) is 0 Å². The minimum Gasteiger partial charge on any atom is -0.360 e. The molecule has 1 heterocycles. The molecule has 0 atom stereocenters. The Morgan fingerprint density at radius 2 is 1.62 bits per heavy atom. The Morgan fingerprint density at radius 1 is 0.952 bits per heavy atom. The number of aryl methyl sites for hydroxylation is 1. The molecule has 0 amide bonds. The summed E-state index contributed by atoms with van der Waals surface area (Å²) in [6.45, 7) is 3.52. The fourth-order valence-corrected chi connectivity index (χ4v) is 2.39. The molecule has 21 heavy (non-hydrogen) atoms. The van der Waals surface area contributed by atoms with Crippen molar-refractivity contribution in [3.05, 3.63) is 70.9 Å². The number of carbonyl (C=O) groups is 2. The maximum atomic E-state index is 12.6. The second-order valence-electron chi connectivity index (χ2n) is 5.21. The van der Waals surface area contributed by atoms with Crippen LogP contribution in [0.5, 0.6) is 0 Å². The van der Waals surface area contributed by atoms with Crippen LogP contribution in [0, 0.1) is 6.92 Å². The summed E-state index contributed by atoms with van der Waals surface area (Å²) in [6, 6.07) is 12.9. The lowest BCUT2D eigenvalue weighted by molar-refractivity contribution is 0.101. The smallest absolute Gasteiger partial charge is 0.195 e. The topological polar surface area (TPSA) is 49.9 Å². The average molecular weight is 277 g/mol. The van der Waals surface area contributed by atoms with Crippen LogP contribution in [-0.2, 0) is 0 Å². The number of rotatable bonds is 3. The molecule has 0 aliphatic rings. The third-order valence-corrected chi connectivity index (χ3v) is 3.65. The van der Waals surface area contributed by atoms with Crippen molar-refractivity contribution in [1.82, 2.24) is 4.98 Å². The van der Waals surface area contributed by atoms with Gasteiger partial charge in [0.1, 0.15) is 0 Å². The Bertz CT molecular complexity index is 841. The molecular formula is C18H15NO2. The normalized spacial score (nSPS) is 10.8. The van der Waals surface area contributed by atoms with E-state index < -0.39 is 0 Å². The van der Waals surface area contributed by atoms with Crippen LogP contribution < -0.4 is 0 Å². The van der Waals surface area contributed by atoms with E-state index in [1.54, 1.807) is 18.3 Å². The number of fused-ring (bicyclic) bond motifs is 1.